The summed E-state index contributed by atoms with van der Waals surface area (Å²) < 4.78 is 11.1. The zero-order valence-electron chi connectivity index (χ0n) is 14.7. The molecule has 0 spiro atoms. The number of carbonyl (C=O) groups is 1. The molecule has 1 unspecified atom stereocenters. The van der Waals surface area contributed by atoms with Crippen LogP contribution < -0.4 is 4.74 Å². The van der Waals surface area contributed by atoms with E-state index in [9.17, 15) is 4.79 Å². The van der Waals surface area contributed by atoms with E-state index in [0.717, 1.165) is 18.4 Å². The van der Waals surface area contributed by atoms with Crippen LogP contribution >= 0.6 is 11.6 Å². The number of aromatic nitrogens is 2. The van der Waals surface area contributed by atoms with Gasteiger partial charge in [-0.15, -0.1) is 0 Å². The summed E-state index contributed by atoms with van der Waals surface area (Å²) in [5.41, 5.74) is 0.887. The third-order valence-corrected chi connectivity index (χ3v) is 4.72. The van der Waals surface area contributed by atoms with E-state index >= 15 is 0 Å². The first-order chi connectivity index (χ1) is 11.9. The van der Waals surface area contributed by atoms with E-state index in [-0.39, 0.29) is 5.91 Å². The Morgan fingerprint density at radius 2 is 2.24 bits per heavy atom. The first-order valence-corrected chi connectivity index (χ1v) is 8.82. The molecule has 1 aliphatic rings. The maximum Gasteiger partial charge on any atom is 0.263 e. The zero-order valence-corrected chi connectivity index (χ0v) is 15.4. The average molecular weight is 364 g/mol. The standard InChI is InChI=1S/C18H22ClN3O3/c1-11-9-14(19)7-8-15(11)24-12(2)18(23)22(3)10-16-20-17(25-21-16)13-5-4-6-13/h7-9,12-13H,4-6,10H2,1-3H3. The fourth-order valence-corrected chi connectivity index (χ4v) is 2.97. The Morgan fingerprint density at radius 1 is 1.48 bits per heavy atom. The van der Waals surface area contributed by atoms with Crippen molar-refractivity contribution in [3.8, 4) is 5.75 Å². The summed E-state index contributed by atoms with van der Waals surface area (Å²) >= 11 is 5.94. The van der Waals surface area contributed by atoms with E-state index in [1.807, 2.05) is 6.92 Å². The van der Waals surface area contributed by atoms with Gasteiger partial charge in [0.1, 0.15) is 5.75 Å². The summed E-state index contributed by atoms with van der Waals surface area (Å²) in [5.74, 6) is 2.09. The van der Waals surface area contributed by atoms with E-state index in [1.165, 1.54) is 6.42 Å². The second-order valence-corrected chi connectivity index (χ2v) is 6.98. The number of amides is 1. The highest BCUT2D eigenvalue weighted by molar-refractivity contribution is 6.30. The molecule has 6 nitrogen and oxygen atoms in total. The number of hydrogen-bond acceptors (Lipinski definition) is 5. The van der Waals surface area contributed by atoms with Gasteiger partial charge in [0.05, 0.1) is 6.54 Å². The van der Waals surface area contributed by atoms with Crippen molar-refractivity contribution in [1.82, 2.24) is 15.0 Å². The molecule has 1 saturated carbocycles. The number of likely N-dealkylation sites (N-methyl/N-ethyl adjacent to an activating group) is 1. The maximum absolute atomic E-state index is 12.5. The van der Waals surface area contributed by atoms with E-state index in [2.05, 4.69) is 10.1 Å². The second kappa shape index (κ2) is 7.44. The number of nitrogens with zero attached hydrogens (tertiary/aromatic N) is 3. The van der Waals surface area contributed by atoms with Crippen LogP contribution in [0.15, 0.2) is 22.7 Å². The van der Waals surface area contributed by atoms with Crippen LogP contribution in [0.3, 0.4) is 0 Å². The fourth-order valence-electron chi connectivity index (χ4n) is 2.74. The van der Waals surface area contributed by atoms with Crippen LogP contribution in [0.5, 0.6) is 5.75 Å². The molecule has 0 N–H and O–H groups in total. The molecule has 1 atom stereocenters. The van der Waals surface area contributed by atoms with Crippen molar-refractivity contribution in [3.05, 3.63) is 40.5 Å². The van der Waals surface area contributed by atoms with Gasteiger partial charge in [-0.2, -0.15) is 4.98 Å². The molecule has 0 aliphatic heterocycles. The molecule has 1 aromatic heterocycles. The Labute approximate surface area is 152 Å². The van der Waals surface area contributed by atoms with Crippen LogP contribution in [0.1, 0.15) is 49.4 Å². The number of aryl methyl sites for hydroxylation is 1. The van der Waals surface area contributed by atoms with E-state index in [0.29, 0.717) is 34.9 Å². The minimum atomic E-state index is -0.622. The lowest BCUT2D eigenvalue weighted by Crippen LogP contribution is -2.37. The SMILES string of the molecule is Cc1cc(Cl)ccc1OC(C)C(=O)N(C)Cc1noc(C2CCC2)n1. The molecular weight excluding hydrogens is 342 g/mol. The van der Waals surface area contributed by atoms with Crippen LogP contribution in [0.25, 0.3) is 0 Å². The summed E-state index contributed by atoms with van der Waals surface area (Å²) in [4.78, 5) is 18.5. The van der Waals surface area contributed by atoms with Crippen molar-refractivity contribution in [2.75, 3.05) is 7.05 Å². The Hall–Kier alpha value is -2.08. The molecule has 1 amide bonds. The van der Waals surface area contributed by atoms with E-state index in [4.69, 9.17) is 20.9 Å². The van der Waals surface area contributed by atoms with Crippen LogP contribution in [0.2, 0.25) is 5.02 Å². The number of benzene rings is 1. The lowest BCUT2D eigenvalue weighted by molar-refractivity contribution is -0.137. The van der Waals surface area contributed by atoms with Gasteiger partial charge in [-0.1, -0.05) is 23.2 Å². The number of halogens is 1. The number of carbonyl (C=O) groups excluding carboxylic acids is 1. The van der Waals surface area contributed by atoms with Gasteiger partial charge in [-0.25, -0.2) is 0 Å². The molecule has 2 aromatic rings. The van der Waals surface area contributed by atoms with Crippen molar-refractivity contribution in [3.63, 3.8) is 0 Å². The Kier molecular flexibility index (Phi) is 5.27. The molecule has 0 saturated heterocycles. The van der Waals surface area contributed by atoms with E-state index in [1.54, 1.807) is 37.1 Å². The molecule has 0 bridgehead atoms. The number of rotatable bonds is 6. The van der Waals surface area contributed by atoms with Gasteiger partial charge in [0.2, 0.25) is 5.89 Å². The largest absolute Gasteiger partial charge is 0.481 e. The predicted molar refractivity (Wildman–Crippen MR) is 93.6 cm³/mol. The number of ether oxygens (including phenoxy) is 1. The van der Waals surface area contributed by atoms with Crippen molar-refractivity contribution in [1.29, 1.82) is 0 Å². The van der Waals surface area contributed by atoms with Gasteiger partial charge in [-0.3, -0.25) is 4.79 Å². The van der Waals surface area contributed by atoms with Gasteiger partial charge < -0.3 is 14.2 Å². The third-order valence-electron chi connectivity index (χ3n) is 4.48. The summed E-state index contributed by atoms with van der Waals surface area (Å²) in [7, 11) is 1.70. The van der Waals surface area contributed by atoms with Crippen LogP contribution in [-0.2, 0) is 11.3 Å². The Bertz CT molecular complexity index is 758. The zero-order chi connectivity index (χ0) is 18.0. The maximum atomic E-state index is 12.5. The molecule has 1 aromatic carbocycles. The monoisotopic (exact) mass is 363 g/mol. The van der Waals surface area contributed by atoms with Crippen LogP contribution in [-0.4, -0.2) is 34.1 Å². The first kappa shape index (κ1) is 17.7. The lowest BCUT2D eigenvalue weighted by Gasteiger charge is -2.22. The quantitative estimate of drug-likeness (QED) is 0.782. The highest BCUT2D eigenvalue weighted by Crippen LogP contribution is 2.35. The summed E-state index contributed by atoms with van der Waals surface area (Å²) in [6.07, 6.45) is 2.78. The molecule has 3 rings (SSSR count). The Morgan fingerprint density at radius 3 is 2.88 bits per heavy atom. The molecule has 1 aliphatic carbocycles. The van der Waals surface area contributed by atoms with Crippen molar-refractivity contribution >= 4 is 17.5 Å². The third kappa shape index (κ3) is 4.12. The second-order valence-electron chi connectivity index (χ2n) is 6.54. The Balaban J connectivity index is 1.58. The van der Waals surface area contributed by atoms with Gasteiger partial charge in [-0.05, 0) is 50.5 Å². The topological polar surface area (TPSA) is 68.5 Å². The fraction of sp³-hybridized carbons (Fsp3) is 0.500. The molecule has 25 heavy (non-hydrogen) atoms. The summed E-state index contributed by atoms with van der Waals surface area (Å²) in [5, 5.41) is 4.61. The molecule has 1 fully saturated rings. The molecule has 7 heteroatoms. The first-order valence-electron chi connectivity index (χ1n) is 8.44. The van der Waals surface area contributed by atoms with Gasteiger partial charge in [0, 0.05) is 18.0 Å². The average Bonchev–Trinajstić information content (AvgIpc) is 2.95. The van der Waals surface area contributed by atoms with Crippen LogP contribution in [0.4, 0.5) is 0 Å². The minimum Gasteiger partial charge on any atom is -0.481 e. The van der Waals surface area contributed by atoms with Crippen LogP contribution in [0, 0.1) is 6.92 Å². The van der Waals surface area contributed by atoms with Crippen molar-refractivity contribution in [2.24, 2.45) is 0 Å². The lowest BCUT2D eigenvalue weighted by atomic mass is 9.85. The molecule has 134 valence electrons. The highest BCUT2D eigenvalue weighted by Gasteiger charge is 2.26. The smallest absolute Gasteiger partial charge is 0.263 e. The molecule has 1 heterocycles. The normalized spacial score (nSPS) is 15.5. The van der Waals surface area contributed by atoms with E-state index < -0.39 is 6.10 Å². The van der Waals surface area contributed by atoms with Gasteiger partial charge >= 0.3 is 0 Å². The summed E-state index contributed by atoms with van der Waals surface area (Å²) in [6, 6.07) is 5.32. The van der Waals surface area contributed by atoms with Crippen molar-refractivity contribution < 1.29 is 14.1 Å². The molecule has 0 radical (unpaired) electrons. The van der Waals surface area contributed by atoms with Crippen molar-refractivity contribution in [2.45, 2.75) is 51.7 Å². The predicted octanol–water partition coefficient (Wildman–Crippen LogP) is 3.72. The van der Waals surface area contributed by atoms with Gasteiger partial charge in [0.25, 0.3) is 5.91 Å². The van der Waals surface area contributed by atoms with Gasteiger partial charge in [0.15, 0.2) is 11.9 Å². The summed E-state index contributed by atoms with van der Waals surface area (Å²) in [6.45, 7) is 3.91. The highest BCUT2D eigenvalue weighted by atomic mass is 35.5. The number of hydrogen-bond donors (Lipinski definition) is 0. The minimum absolute atomic E-state index is 0.149. The molecular formula is C18H22ClN3O3.